The zero-order chi connectivity index (χ0) is 19.2. The van der Waals surface area contributed by atoms with E-state index < -0.39 is 0 Å². The van der Waals surface area contributed by atoms with E-state index in [1.54, 1.807) is 14.0 Å². The van der Waals surface area contributed by atoms with Gasteiger partial charge >= 0.3 is 0 Å². The van der Waals surface area contributed by atoms with E-state index in [-0.39, 0.29) is 5.91 Å². The van der Waals surface area contributed by atoms with Crippen LogP contribution in [0.2, 0.25) is 0 Å². The van der Waals surface area contributed by atoms with Crippen molar-refractivity contribution < 1.29 is 14.1 Å². The Morgan fingerprint density at radius 2 is 2.11 bits per heavy atom. The summed E-state index contributed by atoms with van der Waals surface area (Å²) in [5.41, 5.74) is 1.91. The van der Waals surface area contributed by atoms with Crippen molar-refractivity contribution >= 4 is 5.91 Å². The molecule has 0 aliphatic carbocycles. The number of nitrogens with one attached hydrogen (secondary N) is 1. The molecule has 0 saturated carbocycles. The molecule has 1 aliphatic heterocycles. The molecule has 1 saturated heterocycles. The largest absolute Gasteiger partial charge is 0.497 e. The summed E-state index contributed by atoms with van der Waals surface area (Å²) in [6.45, 7) is 6.92. The lowest BCUT2D eigenvalue weighted by molar-refractivity contribution is 0.0948. The van der Waals surface area contributed by atoms with E-state index in [9.17, 15) is 4.79 Å². The van der Waals surface area contributed by atoms with Crippen LogP contribution in [0.3, 0.4) is 0 Å². The minimum atomic E-state index is -0.133. The van der Waals surface area contributed by atoms with Crippen LogP contribution in [0.5, 0.6) is 5.75 Å². The van der Waals surface area contributed by atoms with E-state index in [4.69, 9.17) is 9.26 Å². The molecule has 0 bridgehead atoms. The summed E-state index contributed by atoms with van der Waals surface area (Å²) in [5, 5.41) is 7.02. The Bertz CT molecular complexity index is 755. The van der Waals surface area contributed by atoms with Crippen LogP contribution in [0.4, 0.5) is 0 Å². The van der Waals surface area contributed by atoms with Gasteiger partial charge < -0.3 is 19.5 Å². The highest BCUT2D eigenvalue weighted by molar-refractivity contribution is 6.00. The molecule has 1 amide bonds. The van der Waals surface area contributed by atoms with Gasteiger partial charge in [0.25, 0.3) is 5.91 Å². The fourth-order valence-electron chi connectivity index (χ4n) is 3.64. The Balaban J connectivity index is 1.58. The number of hydrogen-bond donors (Lipinski definition) is 1. The molecule has 3 rings (SSSR count). The standard InChI is InChI=1S/C21H29N3O3/c1-15-7-4-5-13-24(15)14-6-12-22-21(25)19-16(2)23-27-20(19)17-8-10-18(26-3)11-9-17/h8-11,15H,4-7,12-14H2,1-3H3,(H,22,25). The van der Waals surface area contributed by atoms with Crippen molar-refractivity contribution in [2.24, 2.45) is 0 Å². The molecule has 1 N–H and O–H groups in total. The minimum Gasteiger partial charge on any atom is -0.497 e. The van der Waals surface area contributed by atoms with Crippen LogP contribution in [0, 0.1) is 6.92 Å². The molecule has 6 heteroatoms. The van der Waals surface area contributed by atoms with Gasteiger partial charge in [-0.3, -0.25) is 4.79 Å². The SMILES string of the molecule is COc1ccc(-c2onc(C)c2C(=O)NCCCN2CCCCC2C)cc1. The third kappa shape index (κ3) is 4.69. The molecular weight excluding hydrogens is 342 g/mol. The summed E-state index contributed by atoms with van der Waals surface area (Å²) in [5.74, 6) is 1.12. The maximum Gasteiger partial charge on any atom is 0.257 e. The third-order valence-electron chi connectivity index (χ3n) is 5.29. The van der Waals surface area contributed by atoms with Crippen molar-refractivity contribution in [2.75, 3.05) is 26.7 Å². The number of aryl methyl sites for hydroxylation is 1. The first kappa shape index (κ1) is 19.4. The zero-order valence-electron chi connectivity index (χ0n) is 16.5. The van der Waals surface area contributed by atoms with Gasteiger partial charge in [-0.15, -0.1) is 0 Å². The van der Waals surface area contributed by atoms with Gasteiger partial charge in [0.15, 0.2) is 5.76 Å². The van der Waals surface area contributed by atoms with Gasteiger partial charge in [-0.25, -0.2) is 0 Å². The van der Waals surface area contributed by atoms with Gasteiger partial charge in [0.05, 0.1) is 12.8 Å². The summed E-state index contributed by atoms with van der Waals surface area (Å²) < 4.78 is 10.6. The molecule has 6 nitrogen and oxygen atoms in total. The van der Waals surface area contributed by atoms with E-state index in [1.807, 2.05) is 24.3 Å². The molecule has 1 aliphatic rings. The van der Waals surface area contributed by atoms with Gasteiger partial charge in [-0.05, 0) is 63.9 Å². The third-order valence-corrected chi connectivity index (χ3v) is 5.29. The van der Waals surface area contributed by atoms with Gasteiger partial charge in [0.2, 0.25) is 0 Å². The summed E-state index contributed by atoms with van der Waals surface area (Å²) in [4.78, 5) is 15.2. The number of benzene rings is 1. The smallest absolute Gasteiger partial charge is 0.257 e. The average Bonchev–Trinajstić information content (AvgIpc) is 3.08. The highest BCUT2D eigenvalue weighted by Gasteiger charge is 2.22. The second kappa shape index (κ2) is 9.04. The first-order chi connectivity index (χ1) is 13.1. The van der Waals surface area contributed by atoms with Crippen molar-refractivity contribution in [1.29, 1.82) is 0 Å². The van der Waals surface area contributed by atoms with Gasteiger partial charge in [0, 0.05) is 24.7 Å². The van der Waals surface area contributed by atoms with Gasteiger partial charge in [0.1, 0.15) is 11.3 Å². The van der Waals surface area contributed by atoms with Crippen molar-refractivity contribution in [3.63, 3.8) is 0 Å². The molecule has 27 heavy (non-hydrogen) atoms. The van der Waals surface area contributed by atoms with E-state index in [0.717, 1.165) is 24.3 Å². The maximum absolute atomic E-state index is 12.7. The lowest BCUT2D eigenvalue weighted by Gasteiger charge is -2.33. The first-order valence-electron chi connectivity index (χ1n) is 9.73. The number of ether oxygens (including phenoxy) is 1. The van der Waals surface area contributed by atoms with Crippen molar-refractivity contribution in [3.05, 3.63) is 35.5 Å². The van der Waals surface area contributed by atoms with Crippen LogP contribution in [0.1, 0.15) is 48.7 Å². The molecule has 1 aromatic carbocycles. The molecule has 1 aromatic heterocycles. The van der Waals surface area contributed by atoms with Crippen LogP contribution in [0.25, 0.3) is 11.3 Å². The topological polar surface area (TPSA) is 67.6 Å². The number of aromatic nitrogens is 1. The molecular formula is C21H29N3O3. The summed E-state index contributed by atoms with van der Waals surface area (Å²) in [7, 11) is 1.62. The normalized spacial score (nSPS) is 17.7. The van der Waals surface area contributed by atoms with Crippen LogP contribution in [-0.4, -0.2) is 48.7 Å². The number of likely N-dealkylation sites (tertiary alicyclic amines) is 1. The lowest BCUT2D eigenvalue weighted by Crippen LogP contribution is -2.39. The van der Waals surface area contributed by atoms with Crippen LogP contribution in [0.15, 0.2) is 28.8 Å². The number of hydrogen-bond acceptors (Lipinski definition) is 5. The Labute approximate surface area is 160 Å². The monoisotopic (exact) mass is 371 g/mol. The van der Waals surface area contributed by atoms with Crippen molar-refractivity contribution in [2.45, 2.75) is 45.6 Å². The number of rotatable bonds is 7. The van der Waals surface area contributed by atoms with Crippen LogP contribution < -0.4 is 10.1 Å². The minimum absolute atomic E-state index is 0.133. The van der Waals surface area contributed by atoms with E-state index >= 15 is 0 Å². The Morgan fingerprint density at radius 1 is 1.33 bits per heavy atom. The van der Waals surface area contributed by atoms with E-state index in [0.29, 0.717) is 29.6 Å². The second-order valence-electron chi connectivity index (χ2n) is 7.19. The molecule has 146 valence electrons. The highest BCUT2D eigenvalue weighted by Crippen LogP contribution is 2.27. The number of methoxy groups -OCH3 is 1. The van der Waals surface area contributed by atoms with Crippen molar-refractivity contribution in [1.82, 2.24) is 15.4 Å². The maximum atomic E-state index is 12.7. The molecule has 1 atom stereocenters. The number of carbonyl (C=O) groups excluding carboxylic acids is 1. The highest BCUT2D eigenvalue weighted by atomic mass is 16.5. The lowest BCUT2D eigenvalue weighted by atomic mass is 10.0. The number of nitrogens with zero attached hydrogens (tertiary/aromatic N) is 2. The van der Waals surface area contributed by atoms with E-state index in [1.165, 1.54) is 25.8 Å². The number of amides is 1. The quantitative estimate of drug-likeness (QED) is 0.753. The summed E-state index contributed by atoms with van der Waals surface area (Å²) >= 11 is 0. The predicted octanol–water partition coefficient (Wildman–Crippen LogP) is 3.65. The Kier molecular flexibility index (Phi) is 6.50. The Morgan fingerprint density at radius 3 is 2.81 bits per heavy atom. The second-order valence-corrected chi connectivity index (χ2v) is 7.19. The first-order valence-corrected chi connectivity index (χ1v) is 9.73. The molecule has 1 fully saturated rings. The van der Waals surface area contributed by atoms with Crippen LogP contribution in [-0.2, 0) is 0 Å². The van der Waals surface area contributed by atoms with E-state index in [2.05, 4.69) is 22.3 Å². The molecule has 0 spiro atoms. The fraction of sp³-hybridized carbons (Fsp3) is 0.524. The van der Waals surface area contributed by atoms with Crippen LogP contribution >= 0.6 is 0 Å². The van der Waals surface area contributed by atoms with Gasteiger partial charge in [-0.2, -0.15) is 0 Å². The number of carbonyl (C=O) groups is 1. The molecule has 0 radical (unpaired) electrons. The summed E-state index contributed by atoms with van der Waals surface area (Å²) in [6, 6.07) is 8.07. The predicted molar refractivity (Wildman–Crippen MR) is 105 cm³/mol. The average molecular weight is 371 g/mol. The fourth-order valence-corrected chi connectivity index (χ4v) is 3.64. The molecule has 2 heterocycles. The molecule has 1 unspecified atom stereocenters. The van der Waals surface area contributed by atoms with Gasteiger partial charge in [-0.1, -0.05) is 11.6 Å². The summed E-state index contributed by atoms with van der Waals surface area (Å²) in [6.07, 6.45) is 4.83. The van der Waals surface area contributed by atoms with Crippen molar-refractivity contribution in [3.8, 4) is 17.1 Å². The number of piperidine rings is 1. The Hall–Kier alpha value is -2.34. The molecule has 2 aromatic rings. The zero-order valence-corrected chi connectivity index (χ0v) is 16.5.